The summed E-state index contributed by atoms with van der Waals surface area (Å²) in [4.78, 5) is 4.06. The van der Waals surface area contributed by atoms with Gasteiger partial charge in [-0.2, -0.15) is 12.4 Å². The van der Waals surface area contributed by atoms with Crippen LogP contribution in [0.4, 0.5) is 0 Å². The first-order valence-electron chi connectivity index (χ1n) is 5.70. The molecule has 1 aromatic heterocycles. The first-order valence-corrected chi connectivity index (χ1v) is 7.33. The Labute approximate surface area is 95.0 Å². The van der Waals surface area contributed by atoms with Crippen LogP contribution in [-0.4, -0.2) is 15.2 Å². The zero-order valence-electron chi connectivity index (χ0n) is 10.0. The van der Waals surface area contributed by atoms with Gasteiger partial charge in [-0.15, -0.1) is 0 Å². The molecule has 0 aliphatic rings. The summed E-state index contributed by atoms with van der Waals surface area (Å²) in [5, 5.41) is 2.85. The summed E-state index contributed by atoms with van der Waals surface area (Å²) in [7, 11) is 0. The van der Waals surface area contributed by atoms with Gasteiger partial charge in [-0.3, -0.25) is 0 Å². The van der Waals surface area contributed by atoms with Crippen LogP contribution in [0, 0.1) is 0 Å². The Morgan fingerprint density at radius 1 is 0.929 bits per heavy atom. The fourth-order valence-electron chi connectivity index (χ4n) is 1.31. The van der Waals surface area contributed by atoms with E-state index in [-0.39, 0.29) is 0 Å². The van der Waals surface area contributed by atoms with E-state index >= 15 is 0 Å². The van der Waals surface area contributed by atoms with Crippen LogP contribution < -0.4 is 4.98 Å². The third-order valence-corrected chi connectivity index (χ3v) is 3.37. The van der Waals surface area contributed by atoms with Gasteiger partial charge in [0.25, 0.3) is 0 Å². The van der Waals surface area contributed by atoms with Gasteiger partial charge >= 0.3 is 39.6 Å². The molecule has 78 valence electrons. The van der Waals surface area contributed by atoms with Gasteiger partial charge in [0.05, 0.1) is 0 Å². The minimum atomic E-state index is 0.815. The molecule has 1 nitrogen and oxygen atoms in total. The molecule has 0 atom stereocenters. The van der Waals surface area contributed by atoms with Crippen molar-refractivity contribution in [2.45, 2.75) is 51.1 Å². The van der Waals surface area contributed by atoms with Gasteiger partial charge in [-0.1, -0.05) is 25.0 Å². The van der Waals surface area contributed by atoms with Gasteiger partial charge in [-0.25, -0.2) is 0 Å². The van der Waals surface area contributed by atoms with Crippen molar-refractivity contribution in [3.8, 4) is 0 Å². The van der Waals surface area contributed by atoms with E-state index in [4.69, 9.17) is 0 Å². The molecule has 1 aromatic rings. The van der Waals surface area contributed by atoms with Gasteiger partial charge in [-0.05, 0) is 12.8 Å². The van der Waals surface area contributed by atoms with E-state index in [0.29, 0.717) is 0 Å². The first-order chi connectivity index (χ1) is 6.79. The second kappa shape index (κ2) is 9.37. The number of rotatable bonds is 4. The Morgan fingerprint density at radius 2 is 1.36 bits per heavy atom. The summed E-state index contributed by atoms with van der Waals surface area (Å²) in [5.41, 5.74) is 2.80. The molecule has 0 fully saturated rings. The van der Waals surface area contributed by atoms with Crippen molar-refractivity contribution < 1.29 is 0 Å². The van der Waals surface area contributed by atoms with Crippen molar-refractivity contribution in [1.82, 2.24) is 4.98 Å². The summed E-state index contributed by atoms with van der Waals surface area (Å²) in [6.07, 6.45) is 6.14. The van der Waals surface area contributed by atoms with Crippen LogP contribution in [0.15, 0.2) is 12.4 Å². The fraction of sp³-hybridized carbons (Fsp3) is 0.667. The second-order valence-electron chi connectivity index (χ2n) is 3.27. The number of aromatic nitrogens is 1. The molecular formula is C12H22AlN. The standard InChI is InChI=1S/C8H12N.2C2H5.Al/c1-3-7-5-9-6-8(7)4-2;2*1-2;/h5-6H,3-4H2,1-2H3;2*1H2,2H3;/q-1;;;+1. The van der Waals surface area contributed by atoms with Crippen LogP contribution in [0.1, 0.15) is 38.8 Å². The van der Waals surface area contributed by atoms with E-state index < -0.39 is 0 Å². The number of nitrogens with zero attached hydrogens (tertiary/aromatic N) is 1. The predicted octanol–water partition coefficient (Wildman–Crippen LogP) is 3.34. The number of aryl methyl sites for hydroxylation is 2. The van der Waals surface area contributed by atoms with E-state index in [9.17, 15) is 0 Å². The number of hydrogen-bond acceptors (Lipinski definition) is 0. The molecule has 0 N–H and O–H groups in total. The van der Waals surface area contributed by atoms with Crippen LogP contribution in [0.25, 0.3) is 0 Å². The molecule has 0 amide bonds. The van der Waals surface area contributed by atoms with E-state index in [1.807, 2.05) is 12.4 Å². The Balaban J connectivity index is 0.000000292. The average Bonchev–Trinajstić information content (AvgIpc) is 2.67. The van der Waals surface area contributed by atoms with Crippen molar-refractivity contribution in [3.05, 3.63) is 23.5 Å². The molecule has 0 saturated heterocycles. The van der Waals surface area contributed by atoms with E-state index in [1.54, 1.807) is 0 Å². The molecule has 0 saturated carbocycles. The summed E-state index contributed by atoms with van der Waals surface area (Å²) >= 11 is 0.815. The Bertz CT molecular complexity index is 197. The molecular weight excluding hydrogens is 185 g/mol. The quantitative estimate of drug-likeness (QED) is 0.691. The van der Waals surface area contributed by atoms with Crippen molar-refractivity contribution in [1.29, 1.82) is 0 Å². The van der Waals surface area contributed by atoms with Crippen LogP contribution >= 0.6 is 0 Å². The normalized spacial score (nSPS) is 8.86. The molecule has 0 bridgehead atoms. The zero-order chi connectivity index (χ0) is 10.8. The fourth-order valence-corrected chi connectivity index (χ4v) is 1.89. The molecule has 2 heteroatoms. The Kier molecular flexibility index (Phi) is 9.25. The van der Waals surface area contributed by atoms with Crippen LogP contribution in [0.3, 0.4) is 0 Å². The van der Waals surface area contributed by atoms with Gasteiger partial charge in [0.1, 0.15) is 0 Å². The summed E-state index contributed by atoms with van der Waals surface area (Å²) in [5.74, 6) is 0. The number of hydrogen-bond donors (Lipinski definition) is 0. The van der Waals surface area contributed by atoms with Crippen molar-refractivity contribution >= 4 is 15.2 Å². The summed E-state index contributed by atoms with van der Waals surface area (Å²) in [6.45, 7) is 8.82. The molecule has 1 heterocycles. The molecule has 0 aromatic carbocycles. The molecule has 0 radical (unpaired) electrons. The van der Waals surface area contributed by atoms with Crippen molar-refractivity contribution in [2.75, 3.05) is 0 Å². The third-order valence-electron chi connectivity index (χ3n) is 2.21. The summed E-state index contributed by atoms with van der Waals surface area (Å²) in [6, 6.07) is 0. The molecule has 1 rings (SSSR count). The van der Waals surface area contributed by atoms with Gasteiger partial charge < -0.3 is 4.98 Å². The first kappa shape index (κ1) is 13.8. The monoisotopic (exact) mass is 207 g/mol. The Hall–Kier alpha value is -0.188. The minimum absolute atomic E-state index is 0.815. The van der Waals surface area contributed by atoms with E-state index in [2.05, 4.69) is 32.7 Å². The van der Waals surface area contributed by atoms with Crippen LogP contribution in [0.2, 0.25) is 10.6 Å². The topological polar surface area (TPSA) is 14.1 Å². The maximum atomic E-state index is 4.06. The molecule has 0 unspecified atom stereocenters. The molecule has 0 aliphatic carbocycles. The molecule has 0 spiro atoms. The summed E-state index contributed by atoms with van der Waals surface area (Å²) < 4.78 is 0. The van der Waals surface area contributed by atoms with Gasteiger partial charge in [0.15, 0.2) is 0 Å². The van der Waals surface area contributed by atoms with Crippen molar-refractivity contribution in [2.24, 2.45) is 0 Å². The maximum absolute atomic E-state index is 4.06. The van der Waals surface area contributed by atoms with Crippen LogP contribution in [0.5, 0.6) is 0 Å². The van der Waals surface area contributed by atoms with Gasteiger partial charge in [0, 0.05) is 0 Å². The predicted molar refractivity (Wildman–Crippen MR) is 65.2 cm³/mol. The average molecular weight is 207 g/mol. The van der Waals surface area contributed by atoms with Crippen molar-refractivity contribution in [3.63, 3.8) is 0 Å². The van der Waals surface area contributed by atoms with E-state index in [1.165, 1.54) is 21.7 Å². The SMILES string of the molecule is CCc1c[n-]cc1CC.C[CH2][Al+][CH2]C. The van der Waals surface area contributed by atoms with Crippen LogP contribution in [-0.2, 0) is 12.8 Å². The van der Waals surface area contributed by atoms with E-state index in [0.717, 1.165) is 28.1 Å². The second-order valence-corrected chi connectivity index (χ2v) is 5.48. The Morgan fingerprint density at radius 3 is 1.57 bits per heavy atom. The van der Waals surface area contributed by atoms with Gasteiger partial charge in [0.2, 0.25) is 0 Å². The molecule has 14 heavy (non-hydrogen) atoms. The molecule has 0 aliphatic heterocycles. The third kappa shape index (κ3) is 5.52. The zero-order valence-corrected chi connectivity index (χ0v) is 11.2.